The van der Waals surface area contributed by atoms with E-state index < -0.39 is 0 Å². The van der Waals surface area contributed by atoms with Gasteiger partial charge < -0.3 is 5.32 Å². The van der Waals surface area contributed by atoms with Gasteiger partial charge in [0.05, 0.1) is 11.2 Å². The van der Waals surface area contributed by atoms with Gasteiger partial charge in [-0.25, -0.2) is 4.98 Å². The van der Waals surface area contributed by atoms with Crippen molar-refractivity contribution in [3.8, 4) is 0 Å². The fourth-order valence-corrected chi connectivity index (χ4v) is 2.71. The van der Waals surface area contributed by atoms with Crippen molar-refractivity contribution in [2.75, 3.05) is 0 Å². The molecule has 1 heterocycles. The maximum Gasteiger partial charge on any atom is 0.0795 e. The highest BCUT2D eigenvalue weighted by molar-refractivity contribution is 7.07. The van der Waals surface area contributed by atoms with Gasteiger partial charge in [0.1, 0.15) is 0 Å². The maximum atomic E-state index is 4.34. The molecule has 0 amide bonds. The molecule has 2 atom stereocenters. The standard InChI is InChI=1S/C14H18N2S/c1-10-6-4-5-7-13(10)11(2)16-12(3)14-8-17-9-15-14/h4-9,11-12,16H,1-3H3. The molecule has 0 aliphatic rings. The summed E-state index contributed by atoms with van der Waals surface area (Å²) in [7, 11) is 0. The number of hydrogen-bond acceptors (Lipinski definition) is 3. The molecule has 0 bridgehead atoms. The zero-order valence-corrected chi connectivity index (χ0v) is 11.3. The average molecular weight is 246 g/mol. The third-order valence-corrected chi connectivity index (χ3v) is 3.65. The minimum Gasteiger partial charge on any atom is -0.302 e. The predicted octanol–water partition coefficient (Wildman–Crippen LogP) is 3.86. The maximum absolute atomic E-state index is 4.34. The van der Waals surface area contributed by atoms with E-state index >= 15 is 0 Å². The Balaban J connectivity index is 2.07. The van der Waals surface area contributed by atoms with Crippen LogP contribution in [0.3, 0.4) is 0 Å². The van der Waals surface area contributed by atoms with Crippen molar-refractivity contribution >= 4 is 11.3 Å². The summed E-state index contributed by atoms with van der Waals surface area (Å²) in [5.41, 5.74) is 5.69. The van der Waals surface area contributed by atoms with Gasteiger partial charge in [-0.15, -0.1) is 11.3 Å². The molecule has 2 rings (SSSR count). The number of aromatic nitrogens is 1. The average Bonchev–Trinajstić information content (AvgIpc) is 2.82. The molecule has 2 unspecified atom stereocenters. The molecule has 0 spiro atoms. The quantitative estimate of drug-likeness (QED) is 0.886. The van der Waals surface area contributed by atoms with Crippen LogP contribution in [-0.4, -0.2) is 4.98 Å². The normalized spacial score (nSPS) is 14.5. The van der Waals surface area contributed by atoms with E-state index in [-0.39, 0.29) is 6.04 Å². The lowest BCUT2D eigenvalue weighted by molar-refractivity contribution is 0.486. The highest BCUT2D eigenvalue weighted by Crippen LogP contribution is 2.21. The molecular weight excluding hydrogens is 228 g/mol. The number of nitrogens with zero attached hydrogens (tertiary/aromatic N) is 1. The van der Waals surface area contributed by atoms with E-state index in [2.05, 4.69) is 60.7 Å². The Morgan fingerprint density at radius 1 is 1.18 bits per heavy atom. The molecule has 1 N–H and O–H groups in total. The SMILES string of the molecule is Cc1ccccc1C(C)NC(C)c1cscn1. The van der Waals surface area contributed by atoms with Gasteiger partial charge in [0.15, 0.2) is 0 Å². The number of rotatable bonds is 4. The Hall–Kier alpha value is -1.19. The van der Waals surface area contributed by atoms with Crippen molar-refractivity contribution < 1.29 is 0 Å². The minimum absolute atomic E-state index is 0.288. The Labute approximate surface area is 107 Å². The molecule has 0 saturated heterocycles. The molecule has 0 aliphatic carbocycles. The number of nitrogens with one attached hydrogen (secondary N) is 1. The van der Waals surface area contributed by atoms with E-state index in [9.17, 15) is 0 Å². The third-order valence-electron chi connectivity index (χ3n) is 3.05. The molecule has 0 saturated carbocycles. The van der Waals surface area contributed by atoms with Crippen LogP contribution in [0.25, 0.3) is 0 Å². The molecule has 0 fully saturated rings. The lowest BCUT2D eigenvalue weighted by Gasteiger charge is -2.20. The first kappa shape index (κ1) is 12.3. The molecule has 0 aliphatic heterocycles. The van der Waals surface area contributed by atoms with Gasteiger partial charge in [-0.3, -0.25) is 0 Å². The molecule has 0 radical (unpaired) electrons. The van der Waals surface area contributed by atoms with Gasteiger partial charge >= 0.3 is 0 Å². The monoisotopic (exact) mass is 246 g/mol. The lowest BCUT2D eigenvalue weighted by Crippen LogP contribution is -2.23. The fraction of sp³-hybridized carbons (Fsp3) is 0.357. The second kappa shape index (κ2) is 5.43. The molecule has 90 valence electrons. The second-order valence-corrected chi connectivity index (χ2v) is 5.10. The first-order valence-corrected chi connectivity index (χ1v) is 6.82. The Morgan fingerprint density at radius 3 is 2.59 bits per heavy atom. The van der Waals surface area contributed by atoms with Gasteiger partial charge in [-0.05, 0) is 31.9 Å². The van der Waals surface area contributed by atoms with Gasteiger partial charge in [-0.2, -0.15) is 0 Å². The largest absolute Gasteiger partial charge is 0.302 e. The van der Waals surface area contributed by atoms with Gasteiger partial charge in [0.25, 0.3) is 0 Å². The summed E-state index contributed by atoms with van der Waals surface area (Å²) in [5, 5.41) is 5.68. The highest BCUT2D eigenvalue weighted by atomic mass is 32.1. The van der Waals surface area contributed by atoms with E-state index in [1.807, 2.05) is 5.51 Å². The minimum atomic E-state index is 0.288. The Bertz CT molecular complexity index is 465. The van der Waals surface area contributed by atoms with E-state index in [1.54, 1.807) is 11.3 Å². The summed E-state index contributed by atoms with van der Waals surface area (Å²) in [6, 6.07) is 9.13. The second-order valence-electron chi connectivity index (χ2n) is 4.38. The van der Waals surface area contributed by atoms with Crippen molar-refractivity contribution in [3.63, 3.8) is 0 Å². The van der Waals surface area contributed by atoms with Gasteiger partial charge in [-0.1, -0.05) is 24.3 Å². The summed E-state index contributed by atoms with van der Waals surface area (Å²) in [4.78, 5) is 4.34. The summed E-state index contributed by atoms with van der Waals surface area (Å²) < 4.78 is 0. The van der Waals surface area contributed by atoms with Crippen LogP contribution in [0.15, 0.2) is 35.2 Å². The summed E-state index contributed by atoms with van der Waals surface area (Å²) in [5.74, 6) is 0. The molecule has 3 heteroatoms. The first-order valence-electron chi connectivity index (χ1n) is 5.88. The van der Waals surface area contributed by atoms with Crippen LogP contribution in [0.5, 0.6) is 0 Å². The van der Waals surface area contributed by atoms with Crippen LogP contribution < -0.4 is 5.32 Å². The van der Waals surface area contributed by atoms with E-state index in [0.29, 0.717) is 6.04 Å². The highest BCUT2D eigenvalue weighted by Gasteiger charge is 2.13. The summed E-state index contributed by atoms with van der Waals surface area (Å²) >= 11 is 1.64. The topological polar surface area (TPSA) is 24.9 Å². The number of benzene rings is 1. The van der Waals surface area contributed by atoms with Gasteiger partial charge in [0, 0.05) is 17.5 Å². The van der Waals surface area contributed by atoms with Crippen LogP contribution in [-0.2, 0) is 0 Å². The van der Waals surface area contributed by atoms with Crippen molar-refractivity contribution in [2.24, 2.45) is 0 Å². The molecule has 2 nitrogen and oxygen atoms in total. The number of hydrogen-bond donors (Lipinski definition) is 1. The van der Waals surface area contributed by atoms with Crippen LogP contribution >= 0.6 is 11.3 Å². The van der Waals surface area contributed by atoms with Crippen molar-refractivity contribution in [3.05, 3.63) is 52.0 Å². The fourth-order valence-electron chi connectivity index (χ4n) is 2.06. The summed E-state index contributed by atoms with van der Waals surface area (Å²) in [6.07, 6.45) is 0. The predicted molar refractivity (Wildman–Crippen MR) is 73.3 cm³/mol. The van der Waals surface area contributed by atoms with Gasteiger partial charge in [0.2, 0.25) is 0 Å². The molecule has 1 aromatic carbocycles. The number of thiazole rings is 1. The zero-order chi connectivity index (χ0) is 12.3. The van der Waals surface area contributed by atoms with E-state index in [1.165, 1.54) is 11.1 Å². The van der Waals surface area contributed by atoms with Crippen LogP contribution in [0.1, 0.15) is 42.8 Å². The molecule has 17 heavy (non-hydrogen) atoms. The van der Waals surface area contributed by atoms with Crippen LogP contribution in [0.4, 0.5) is 0 Å². The van der Waals surface area contributed by atoms with E-state index in [4.69, 9.17) is 0 Å². The molecular formula is C14H18N2S. The van der Waals surface area contributed by atoms with E-state index in [0.717, 1.165) is 5.69 Å². The molecule has 2 aromatic rings. The Morgan fingerprint density at radius 2 is 1.94 bits per heavy atom. The first-order chi connectivity index (χ1) is 8.18. The summed E-state index contributed by atoms with van der Waals surface area (Å²) in [6.45, 7) is 6.51. The van der Waals surface area contributed by atoms with Crippen LogP contribution in [0.2, 0.25) is 0 Å². The number of aryl methyl sites for hydroxylation is 1. The van der Waals surface area contributed by atoms with Crippen molar-refractivity contribution in [1.82, 2.24) is 10.3 Å². The zero-order valence-electron chi connectivity index (χ0n) is 10.5. The lowest BCUT2D eigenvalue weighted by atomic mass is 10.0. The molecule has 1 aromatic heterocycles. The van der Waals surface area contributed by atoms with Crippen molar-refractivity contribution in [1.29, 1.82) is 0 Å². The third kappa shape index (κ3) is 2.93. The van der Waals surface area contributed by atoms with Crippen LogP contribution in [0, 0.1) is 6.92 Å². The Kier molecular flexibility index (Phi) is 3.92. The van der Waals surface area contributed by atoms with Crippen molar-refractivity contribution in [2.45, 2.75) is 32.9 Å². The smallest absolute Gasteiger partial charge is 0.0795 e.